The van der Waals surface area contributed by atoms with Gasteiger partial charge < -0.3 is 5.32 Å². The maximum Gasteiger partial charge on any atom is 0.0622 e. The molecule has 1 aromatic heterocycles. The minimum Gasteiger partial charge on any atom is -0.312 e. The summed E-state index contributed by atoms with van der Waals surface area (Å²) in [5, 5.41) is 11.8. The van der Waals surface area contributed by atoms with E-state index in [1.54, 1.807) is 10.4 Å². The van der Waals surface area contributed by atoms with Crippen molar-refractivity contribution < 1.29 is 0 Å². The van der Waals surface area contributed by atoms with Crippen molar-refractivity contribution in [2.24, 2.45) is 0 Å². The third-order valence-electron chi connectivity index (χ3n) is 2.74. The molecule has 0 saturated carbocycles. The Morgan fingerprint density at radius 1 is 1.47 bits per heavy atom. The molecule has 0 fully saturated rings. The van der Waals surface area contributed by atoms with Gasteiger partial charge in [-0.2, -0.15) is 5.26 Å². The van der Waals surface area contributed by atoms with Gasteiger partial charge in [0.1, 0.15) is 0 Å². The van der Waals surface area contributed by atoms with Crippen LogP contribution in [0.1, 0.15) is 34.6 Å². The third kappa shape index (κ3) is 2.80. The van der Waals surface area contributed by atoms with E-state index in [2.05, 4.69) is 17.5 Å². The number of hydrogen-bond donors (Lipinski definition) is 1. The van der Waals surface area contributed by atoms with Crippen LogP contribution in [0.25, 0.3) is 0 Å². The van der Waals surface area contributed by atoms with Gasteiger partial charge >= 0.3 is 0 Å². The van der Waals surface area contributed by atoms with Crippen LogP contribution in [0.15, 0.2) is 6.07 Å². The van der Waals surface area contributed by atoms with Gasteiger partial charge in [-0.3, -0.25) is 0 Å². The number of unbranched alkanes of at least 4 members (excludes halogenated alkanes) is 1. The summed E-state index contributed by atoms with van der Waals surface area (Å²) in [5.41, 5.74) is 1.58. The highest BCUT2D eigenvalue weighted by Crippen LogP contribution is 2.30. The lowest BCUT2D eigenvalue weighted by Crippen LogP contribution is -2.13. The van der Waals surface area contributed by atoms with Crippen molar-refractivity contribution in [2.45, 2.75) is 38.6 Å². The van der Waals surface area contributed by atoms with Crippen molar-refractivity contribution in [1.82, 2.24) is 5.32 Å². The van der Waals surface area contributed by atoms with Crippen molar-refractivity contribution in [3.8, 4) is 6.07 Å². The monoisotopic (exact) mass is 220 g/mol. The average Bonchev–Trinajstić information content (AvgIpc) is 2.77. The van der Waals surface area contributed by atoms with Crippen LogP contribution in [0, 0.1) is 11.3 Å². The number of nitrogens with zero attached hydrogens (tertiary/aromatic N) is 1. The molecule has 15 heavy (non-hydrogen) atoms. The van der Waals surface area contributed by atoms with E-state index in [0.717, 1.165) is 19.5 Å². The van der Waals surface area contributed by atoms with E-state index in [9.17, 15) is 0 Å². The minimum atomic E-state index is 0.661. The molecule has 1 aliphatic carbocycles. The molecule has 0 aromatic carbocycles. The van der Waals surface area contributed by atoms with E-state index >= 15 is 0 Å². The van der Waals surface area contributed by atoms with Gasteiger partial charge in [-0.15, -0.1) is 11.3 Å². The molecule has 0 saturated heterocycles. The molecule has 1 aliphatic rings. The first-order valence-corrected chi connectivity index (χ1v) is 6.40. The zero-order valence-electron chi connectivity index (χ0n) is 8.88. The Morgan fingerprint density at radius 2 is 2.40 bits per heavy atom. The standard InChI is InChI=1S/C12H16N2S/c13-6-1-2-7-14-9-11-8-10-4-3-5-12(10)15-11/h8,14H,1-5,7,9H2. The molecule has 0 spiro atoms. The van der Waals surface area contributed by atoms with Gasteiger partial charge in [-0.1, -0.05) is 0 Å². The summed E-state index contributed by atoms with van der Waals surface area (Å²) in [6.07, 6.45) is 5.53. The summed E-state index contributed by atoms with van der Waals surface area (Å²) in [4.78, 5) is 3.06. The second-order valence-corrected chi connectivity index (χ2v) is 5.17. The summed E-state index contributed by atoms with van der Waals surface area (Å²) < 4.78 is 0. The summed E-state index contributed by atoms with van der Waals surface area (Å²) >= 11 is 1.96. The van der Waals surface area contributed by atoms with Gasteiger partial charge in [0.25, 0.3) is 0 Å². The summed E-state index contributed by atoms with van der Waals surface area (Å²) in [5.74, 6) is 0. The van der Waals surface area contributed by atoms with Crippen molar-refractivity contribution in [1.29, 1.82) is 5.26 Å². The highest BCUT2D eigenvalue weighted by Gasteiger charge is 2.13. The van der Waals surface area contributed by atoms with Gasteiger partial charge in [-0.25, -0.2) is 0 Å². The number of rotatable bonds is 5. The Bertz CT molecular complexity index is 341. The lowest BCUT2D eigenvalue weighted by atomic mass is 10.2. The van der Waals surface area contributed by atoms with Gasteiger partial charge in [0, 0.05) is 22.7 Å². The van der Waals surface area contributed by atoms with Crippen LogP contribution >= 0.6 is 11.3 Å². The average molecular weight is 220 g/mol. The quantitative estimate of drug-likeness (QED) is 0.774. The fourth-order valence-electron chi connectivity index (χ4n) is 1.98. The number of aryl methyl sites for hydroxylation is 2. The Labute approximate surface area is 94.9 Å². The predicted octanol–water partition coefficient (Wildman–Crippen LogP) is 2.63. The molecule has 2 nitrogen and oxygen atoms in total. The van der Waals surface area contributed by atoms with Crippen LogP contribution in [0.3, 0.4) is 0 Å². The van der Waals surface area contributed by atoms with E-state index in [-0.39, 0.29) is 0 Å². The number of thiophene rings is 1. The maximum atomic E-state index is 8.39. The fraction of sp³-hybridized carbons (Fsp3) is 0.583. The molecule has 3 heteroatoms. The fourth-order valence-corrected chi connectivity index (χ4v) is 3.21. The highest BCUT2D eigenvalue weighted by molar-refractivity contribution is 7.12. The van der Waals surface area contributed by atoms with E-state index in [1.165, 1.54) is 24.1 Å². The number of nitrogens with one attached hydrogen (secondary N) is 1. The molecule has 1 aromatic rings. The first kappa shape index (κ1) is 10.7. The molecule has 2 rings (SSSR count). The molecule has 0 radical (unpaired) electrons. The van der Waals surface area contributed by atoms with Crippen LogP contribution in [-0.4, -0.2) is 6.54 Å². The van der Waals surface area contributed by atoms with Crippen LogP contribution in [-0.2, 0) is 19.4 Å². The maximum absolute atomic E-state index is 8.39. The normalized spacial score (nSPS) is 13.8. The lowest BCUT2D eigenvalue weighted by molar-refractivity contribution is 0.662. The number of hydrogen-bond acceptors (Lipinski definition) is 3. The Kier molecular flexibility index (Phi) is 3.76. The van der Waals surface area contributed by atoms with Gasteiger partial charge in [0.15, 0.2) is 0 Å². The van der Waals surface area contributed by atoms with Crippen LogP contribution < -0.4 is 5.32 Å². The van der Waals surface area contributed by atoms with E-state index in [1.807, 2.05) is 11.3 Å². The van der Waals surface area contributed by atoms with E-state index in [4.69, 9.17) is 5.26 Å². The second-order valence-electron chi connectivity index (χ2n) is 3.95. The molecule has 1 heterocycles. The second kappa shape index (κ2) is 5.29. The Hall–Kier alpha value is -0.850. The molecule has 0 aliphatic heterocycles. The van der Waals surface area contributed by atoms with Crippen molar-refractivity contribution in [3.05, 3.63) is 21.4 Å². The van der Waals surface area contributed by atoms with E-state index < -0.39 is 0 Å². The number of fused-ring (bicyclic) bond motifs is 1. The third-order valence-corrected chi connectivity index (χ3v) is 3.98. The zero-order valence-corrected chi connectivity index (χ0v) is 9.70. The van der Waals surface area contributed by atoms with Gasteiger partial charge in [-0.05, 0) is 43.9 Å². The summed E-state index contributed by atoms with van der Waals surface area (Å²) in [7, 11) is 0. The van der Waals surface area contributed by atoms with Gasteiger partial charge in [0.2, 0.25) is 0 Å². The molecule has 0 amide bonds. The molecule has 80 valence electrons. The van der Waals surface area contributed by atoms with E-state index in [0.29, 0.717) is 6.42 Å². The number of nitriles is 1. The Morgan fingerprint density at radius 3 is 3.20 bits per heavy atom. The molecular formula is C12H16N2S. The first-order valence-electron chi connectivity index (χ1n) is 5.58. The summed E-state index contributed by atoms with van der Waals surface area (Å²) in [6, 6.07) is 4.51. The molecule has 0 atom stereocenters. The topological polar surface area (TPSA) is 35.8 Å². The highest BCUT2D eigenvalue weighted by atomic mass is 32.1. The Balaban J connectivity index is 1.73. The molecular weight excluding hydrogens is 204 g/mol. The largest absolute Gasteiger partial charge is 0.312 e. The zero-order chi connectivity index (χ0) is 10.5. The van der Waals surface area contributed by atoms with Crippen molar-refractivity contribution >= 4 is 11.3 Å². The van der Waals surface area contributed by atoms with Crippen LogP contribution in [0.2, 0.25) is 0 Å². The van der Waals surface area contributed by atoms with Crippen molar-refractivity contribution in [3.63, 3.8) is 0 Å². The van der Waals surface area contributed by atoms with Gasteiger partial charge in [0.05, 0.1) is 6.07 Å². The van der Waals surface area contributed by atoms with Crippen molar-refractivity contribution in [2.75, 3.05) is 6.54 Å². The smallest absolute Gasteiger partial charge is 0.0622 e. The minimum absolute atomic E-state index is 0.661. The van der Waals surface area contributed by atoms with Crippen LogP contribution in [0.5, 0.6) is 0 Å². The molecule has 1 N–H and O–H groups in total. The first-order chi connectivity index (χ1) is 7.40. The SMILES string of the molecule is N#CCCCNCc1cc2c(s1)CCC2. The predicted molar refractivity (Wildman–Crippen MR) is 62.9 cm³/mol. The van der Waals surface area contributed by atoms with Crippen LogP contribution in [0.4, 0.5) is 0 Å². The molecule has 0 bridgehead atoms. The molecule has 0 unspecified atom stereocenters. The lowest BCUT2D eigenvalue weighted by Gasteiger charge is -2.00. The summed E-state index contributed by atoms with van der Waals surface area (Å²) in [6.45, 7) is 1.93.